The van der Waals surface area contributed by atoms with Crippen molar-refractivity contribution in [3.63, 3.8) is 0 Å². The predicted molar refractivity (Wildman–Crippen MR) is 115 cm³/mol. The highest BCUT2D eigenvalue weighted by Gasteiger charge is 2.26. The predicted octanol–water partition coefficient (Wildman–Crippen LogP) is 4.28. The highest BCUT2D eigenvalue weighted by molar-refractivity contribution is 6.22. The zero-order chi connectivity index (χ0) is 20.4. The van der Waals surface area contributed by atoms with E-state index in [4.69, 9.17) is 0 Å². The first-order valence-electron chi connectivity index (χ1n) is 9.89. The van der Waals surface area contributed by atoms with Gasteiger partial charge in [-0.1, -0.05) is 61.5 Å². The van der Waals surface area contributed by atoms with E-state index >= 15 is 0 Å². The molecular weight excluding hydrogens is 360 g/mol. The number of nitrogens with one attached hydrogen (secondary N) is 1. The Kier molecular flexibility index (Phi) is 5.28. The maximum atomic E-state index is 12.7. The summed E-state index contributed by atoms with van der Waals surface area (Å²) >= 11 is 0. The number of benzene rings is 3. The average molecular weight is 384 g/mol. The Morgan fingerprint density at radius 2 is 1.59 bits per heavy atom. The standard InChI is InChI=1S/C25H24N2O2/c1-3-27(2)16-18-8-6-7-17(13-18)15-26-25(29)19-11-12-21-20-9-4-5-10-22(20)24(28)23(21)14-19/h4-14H,3,15-16H2,1-2H3,(H,26,29). The number of carbonyl (C=O) groups excluding carboxylic acids is 2. The largest absolute Gasteiger partial charge is 0.348 e. The second-order valence-electron chi connectivity index (χ2n) is 7.47. The van der Waals surface area contributed by atoms with E-state index in [2.05, 4.69) is 36.3 Å². The minimum absolute atomic E-state index is 0.0157. The molecule has 29 heavy (non-hydrogen) atoms. The summed E-state index contributed by atoms with van der Waals surface area (Å²) in [5, 5.41) is 2.97. The number of nitrogens with zero attached hydrogens (tertiary/aromatic N) is 1. The van der Waals surface area contributed by atoms with E-state index < -0.39 is 0 Å². The molecule has 1 aliphatic carbocycles. The van der Waals surface area contributed by atoms with Crippen molar-refractivity contribution in [2.45, 2.75) is 20.0 Å². The van der Waals surface area contributed by atoms with Gasteiger partial charge in [0.25, 0.3) is 5.91 Å². The Labute approximate surface area is 171 Å². The van der Waals surface area contributed by atoms with Gasteiger partial charge in [-0.3, -0.25) is 9.59 Å². The molecule has 0 fully saturated rings. The summed E-state index contributed by atoms with van der Waals surface area (Å²) in [4.78, 5) is 27.6. The van der Waals surface area contributed by atoms with Gasteiger partial charge in [-0.15, -0.1) is 0 Å². The van der Waals surface area contributed by atoms with Crippen LogP contribution in [0.2, 0.25) is 0 Å². The molecule has 1 aliphatic rings. The molecule has 4 rings (SSSR count). The van der Waals surface area contributed by atoms with Crippen molar-refractivity contribution in [3.8, 4) is 11.1 Å². The van der Waals surface area contributed by atoms with Crippen LogP contribution in [0, 0.1) is 0 Å². The first-order chi connectivity index (χ1) is 14.1. The quantitative estimate of drug-likeness (QED) is 0.540. The van der Waals surface area contributed by atoms with Gasteiger partial charge in [-0.05, 0) is 48.0 Å². The topological polar surface area (TPSA) is 49.4 Å². The molecule has 3 aromatic carbocycles. The molecule has 1 N–H and O–H groups in total. The molecule has 0 bridgehead atoms. The lowest BCUT2D eigenvalue weighted by molar-refractivity contribution is 0.0951. The normalized spacial score (nSPS) is 12.0. The maximum Gasteiger partial charge on any atom is 0.251 e. The fraction of sp³-hybridized carbons (Fsp3) is 0.200. The highest BCUT2D eigenvalue weighted by Crippen LogP contribution is 2.36. The Bertz CT molecular complexity index is 1090. The monoisotopic (exact) mass is 384 g/mol. The lowest BCUT2D eigenvalue weighted by atomic mass is 10.0. The molecule has 3 aromatic rings. The molecule has 0 aliphatic heterocycles. The molecule has 0 unspecified atom stereocenters. The van der Waals surface area contributed by atoms with E-state index in [0.29, 0.717) is 23.2 Å². The highest BCUT2D eigenvalue weighted by atomic mass is 16.1. The van der Waals surface area contributed by atoms with Gasteiger partial charge in [-0.2, -0.15) is 0 Å². The molecule has 146 valence electrons. The molecule has 0 saturated carbocycles. The van der Waals surface area contributed by atoms with Crippen LogP contribution in [0.5, 0.6) is 0 Å². The van der Waals surface area contributed by atoms with Crippen molar-refractivity contribution in [1.29, 1.82) is 0 Å². The van der Waals surface area contributed by atoms with Gasteiger partial charge in [0.1, 0.15) is 0 Å². The van der Waals surface area contributed by atoms with Crippen LogP contribution in [-0.4, -0.2) is 30.2 Å². The first-order valence-corrected chi connectivity index (χ1v) is 9.89. The van der Waals surface area contributed by atoms with Crippen LogP contribution in [0.3, 0.4) is 0 Å². The van der Waals surface area contributed by atoms with Crippen molar-refractivity contribution in [2.75, 3.05) is 13.6 Å². The molecule has 0 spiro atoms. The fourth-order valence-electron chi connectivity index (χ4n) is 3.72. The Morgan fingerprint density at radius 1 is 0.862 bits per heavy atom. The molecule has 0 radical (unpaired) electrons. The van der Waals surface area contributed by atoms with Crippen molar-refractivity contribution >= 4 is 11.7 Å². The number of hydrogen-bond acceptors (Lipinski definition) is 3. The summed E-state index contributed by atoms with van der Waals surface area (Å²) in [5.74, 6) is -0.189. The number of rotatable bonds is 6. The molecule has 1 amide bonds. The van der Waals surface area contributed by atoms with Crippen LogP contribution in [-0.2, 0) is 13.1 Å². The van der Waals surface area contributed by atoms with Crippen molar-refractivity contribution in [2.24, 2.45) is 0 Å². The maximum absolute atomic E-state index is 12.7. The van der Waals surface area contributed by atoms with Gasteiger partial charge in [-0.25, -0.2) is 0 Å². The summed E-state index contributed by atoms with van der Waals surface area (Å²) in [6, 6.07) is 21.2. The lowest BCUT2D eigenvalue weighted by Crippen LogP contribution is -2.23. The van der Waals surface area contributed by atoms with Crippen molar-refractivity contribution < 1.29 is 9.59 Å². The average Bonchev–Trinajstić information content (AvgIpc) is 3.04. The second kappa shape index (κ2) is 8.02. The smallest absolute Gasteiger partial charge is 0.251 e. The van der Waals surface area contributed by atoms with E-state index in [1.807, 2.05) is 42.5 Å². The third-order valence-corrected chi connectivity index (χ3v) is 5.43. The van der Waals surface area contributed by atoms with Crippen LogP contribution >= 0.6 is 0 Å². The molecule has 4 nitrogen and oxygen atoms in total. The molecule has 0 aromatic heterocycles. The minimum atomic E-state index is -0.173. The first kappa shape index (κ1) is 19.1. The van der Waals surface area contributed by atoms with Gasteiger partial charge in [0.15, 0.2) is 5.78 Å². The van der Waals surface area contributed by atoms with E-state index in [-0.39, 0.29) is 11.7 Å². The third kappa shape index (κ3) is 3.84. The van der Waals surface area contributed by atoms with E-state index in [9.17, 15) is 9.59 Å². The summed E-state index contributed by atoms with van der Waals surface area (Å²) in [7, 11) is 2.09. The van der Waals surface area contributed by atoms with Crippen LogP contribution in [0.15, 0.2) is 66.7 Å². The van der Waals surface area contributed by atoms with Crippen LogP contribution in [0.1, 0.15) is 44.3 Å². The second-order valence-corrected chi connectivity index (χ2v) is 7.47. The number of carbonyl (C=O) groups is 2. The van der Waals surface area contributed by atoms with Gasteiger partial charge in [0, 0.05) is 29.8 Å². The molecule has 0 heterocycles. The van der Waals surface area contributed by atoms with E-state index in [0.717, 1.165) is 29.8 Å². The molecule has 0 saturated heterocycles. The van der Waals surface area contributed by atoms with Gasteiger partial charge >= 0.3 is 0 Å². The molecule has 0 atom stereocenters. The summed E-state index contributed by atoms with van der Waals surface area (Å²) in [5.41, 5.74) is 5.93. The SMILES string of the molecule is CCN(C)Cc1cccc(CNC(=O)c2ccc3c(c2)C(=O)c2ccccc2-3)c1. The van der Waals surface area contributed by atoms with E-state index in [1.54, 1.807) is 12.1 Å². The number of amides is 1. The fourth-order valence-corrected chi connectivity index (χ4v) is 3.72. The number of fused-ring (bicyclic) bond motifs is 3. The molecule has 4 heteroatoms. The van der Waals surface area contributed by atoms with Crippen molar-refractivity contribution in [3.05, 3.63) is 94.5 Å². The Hall–Kier alpha value is -3.24. The van der Waals surface area contributed by atoms with Crippen LogP contribution in [0.4, 0.5) is 0 Å². The summed E-state index contributed by atoms with van der Waals surface area (Å²) in [6.07, 6.45) is 0. The zero-order valence-electron chi connectivity index (χ0n) is 16.7. The van der Waals surface area contributed by atoms with Gasteiger partial charge in [0.05, 0.1) is 0 Å². The lowest BCUT2D eigenvalue weighted by Gasteiger charge is -2.14. The summed E-state index contributed by atoms with van der Waals surface area (Å²) in [6.45, 7) is 4.45. The molecular formula is C25H24N2O2. The zero-order valence-corrected chi connectivity index (χ0v) is 16.7. The number of hydrogen-bond donors (Lipinski definition) is 1. The Morgan fingerprint density at radius 3 is 2.38 bits per heavy atom. The van der Waals surface area contributed by atoms with Gasteiger partial charge in [0.2, 0.25) is 0 Å². The third-order valence-electron chi connectivity index (χ3n) is 5.43. The summed E-state index contributed by atoms with van der Waals surface area (Å²) < 4.78 is 0. The van der Waals surface area contributed by atoms with Crippen molar-refractivity contribution in [1.82, 2.24) is 10.2 Å². The minimum Gasteiger partial charge on any atom is -0.348 e. The Balaban J connectivity index is 1.47. The number of ketones is 1. The van der Waals surface area contributed by atoms with E-state index in [1.165, 1.54) is 5.56 Å². The van der Waals surface area contributed by atoms with Gasteiger partial charge < -0.3 is 10.2 Å². The van der Waals surface area contributed by atoms with Crippen LogP contribution < -0.4 is 5.32 Å². The van der Waals surface area contributed by atoms with Crippen LogP contribution in [0.25, 0.3) is 11.1 Å².